The highest BCUT2D eigenvalue weighted by Crippen LogP contribution is 2.42. The Labute approximate surface area is 401 Å². The van der Waals surface area contributed by atoms with Crippen LogP contribution in [0.15, 0.2) is 133 Å². The van der Waals surface area contributed by atoms with E-state index in [4.69, 9.17) is 14.2 Å². The number of carbonyl (C=O) groups is 3. The summed E-state index contributed by atoms with van der Waals surface area (Å²) in [6, 6.07) is 31.7. The lowest BCUT2D eigenvalue weighted by molar-refractivity contribution is -0.0729. The average molecular weight is 968 g/mol. The molecular weight excluding hydrogens is 917 g/mol. The summed E-state index contributed by atoms with van der Waals surface area (Å²) in [5.74, 6) is -3.38. The van der Waals surface area contributed by atoms with Gasteiger partial charge in [0.1, 0.15) is 46.1 Å². The molecule has 16 heteroatoms. The molecule has 3 amide bonds. The molecule has 0 radical (unpaired) electrons. The van der Waals surface area contributed by atoms with Crippen LogP contribution in [0, 0.1) is 34.9 Å². The smallest absolute Gasteiger partial charge is 0.411 e. The zero-order valence-electron chi connectivity index (χ0n) is 38.6. The summed E-state index contributed by atoms with van der Waals surface area (Å²) < 4.78 is 98.5. The molecule has 2 N–H and O–H groups in total. The number of hydrogen-bond donors (Lipinski definition) is 2. The van der Waals surface area contributed by atoms with E-state index in [9.17, 15) is 45.8 Å². The van der Waals surface area contributed by atoms with E-state index in [1.165, 1.54) is 55.6 Å². The molecule has 70 heavy (non-hydrogen) atoms. The van der Waals surface area contributed by atoms with E-state index >= 15 is 0 Å². The van der Waals surface area contributed by atoms with E-state index in [1.54, 1.807) is 82.6 Å². The van der Waals surface area contributed by atoms with Crippen LogP contribution in [0.5, 0.6) is 0 Å². The largest absolute Gasteiger partial charge is 0.449 e. The van der Waals surface area contributed by atoms with Crippen LogP contribution in [-0.4, -0.2) is 66.5 Å². The Morgan fingerprint density at radius 2 is 0.986 bits per heavy atom. The average Bonchev–Trinajstić information content (AvgIpc) is 3.34. The van der Waals surface area contributed by atoms with Crippen LogP contribution in [0.4, 0.5) is 40.7 Å². The number of benzene rings is 6. The standard InChI is InChI=1S/C28H27F3N2O4.C26H24F3NO3/c1-18(19-3-5-20(6-4-19)24-12-11-23(30)17-25(24)31)33-15-13-28(37-27(33)35,14-16-36-26(34)32-2)21-7-9-22(29)10-8-21;1-17(18-2-4-19(5-3-18)23-11-10-22(28)16-24(23)29)30-14-12-26(13-15-31,33-25(30)32)20-6-8-21(27)9-7-20/h3-12,17-18H,13-16H2,1-2H3,(H,32,34);2-11,16-17,31H,12-15H2,1H3/t18-,28-;17-,26-/m00/s1. The Morgan fingerprint density at radius 1 is 0.600 bits per heavy atom. The van der Waals surface area contributed by atoms with Gasteiger partial charge in [0, 0.05) is 75.7 Å². The minimum atomic E-state index is -1.08. The topological polar surface area (TPSA) is 118 Å². The highest BCUT2D eigenvalue weighted by molar-refractivity contribution is 5.72. The molecule has 6 aromatic rings. The van der Waals surface area contributed by atoms with Crippen LogP contribution in [0.1, 0.15) is 73.9 Å². The second-order valence-corrected chi connectivity index (χ2v) is 17.1. The molecular formula is C54H51F6N3O7. The summed E-state index contributed by atoms with van der Waals surface area (Å²) in [5, 5.41) is 11.9. The van der Waals surface area contributed by atoms with Crippen molar-refractivity contribution in [2.24, 2.45) is 0 Å². The van der Waals surface area contributed by atoms with Crippen molar-refractivity contribution in [3.63, 3.8) is 0 Å². The third-order valence-electron chi connectivity index (χ3n) is 13.0. The molecule has 6 aromatic carbocycles. The molecule has 2 fully saturated rings. The highest BCUT2D eigenvalue weighted by Gasteiger charge is 2.45. The van der Waals surface area contributed by atoms with E-state index < -0.39 is 58.6 Å². The molecule has 2 heterocycles. The van der Waals surface area contributed by atoms with Crippen molar-refractivity contribution >= 4 is 18.3 Å². The van der Waals surface area contributed by atoms with Gasteiger partial charge in [0.25, 0.3) is 0 Å². The predicted molar refractivity (Wildman–Crippen MR) is 249 cm³/mol. The van der Waals surface area contributed by atoms with Crippen LogP contribution >= 0.6 is 0 Å². The van der Waals surface area contributed by atoms with E-state index in [1.807, 2.05) is 13.8 Å². The number of cyclic esters (lactones) is 2. The molecule has 10 nitrogen and oxygen atoms in total. The number of alkyl carbamates (subject to hydrolysis) is 1. The highest BCUT2D eigenvalue weighted by atomic mass is 19.2. The molecule has 366 valence electrons. The van der Waals surface area contributed by atoms with Gasteiger partial charge in [-0.15, -0.1) is 0 Å². The Bertz CT molecular complexity index is 2780. The maximum atomic E-state index is 14.2. The van der Waals surface area contributed by atoms with Crippen LogP contribution in [0.2, 0.25) is 0 Å². The summed E-state index contributed by atoms with van der Waals surface area (Å²) in [7, 11) is 1.45. The van der Waals surface area contributed by atoms with Crippen molar-refractivity contribution in [1.82, 2.24) is 15.1 Å². The summed E-state index contributed by atoms with van der Waals surface area (Å²) >= 11 is 0. The van der Waals surface area contributed by atoms with Gasteiger partial charge in [0.15, 0.2) is 0 Å². The minimum Gasteiger partial charge on any atom is -0.449 e. The first-order valence-electron chi connectivity index (χ1n) is 22.6. The van der Waals surface area contributed by atoms with Crippen molar-refractivity contribution < 1.29 is 60.0 Å². The van der Waals surface area contributed by atoms with Crippen LogP contribution in [-0.2, 0) is 25.4 Å². The van der Waals surface area contributed by atoms with E-state index in [0.29, 0.717) is 53.7 Å². The lowest BCUT2D eigenvalue weighted by Crippen LogP contribution is -2.49. The van der Waals surface area contributed by atoms with Crippen LogP contribution in [0.3, 0.4) is 0 Å². The number of aliphatic hydroxyl groups excluding tert-OH is 1. The van der Waals surface area contributed by atoms with Gasteiger partial charge in [0.2, 0.25) is 0 Å². The zero-order valence-corrected chi connectivity index (χ0v) is 38.6. The molecule has 0 bridgehead atoms. The lowest BCUT2D eigenvalue weighted by atomic mass is 9.85. The normalized spacial score (nSPS) is 18.7. The Kier molecular flexibility index (Phi) is 15.9. The molecule has 2 aliphatic heterocycles. The second kappa shape index (κ2) is 22.0. The predicted octanol–water partition coefficient (Wildman–Crippen LogP) is 12.3. The first-order chi connectivity index (χ1) is 33.5. The molecule has 0 unspecified atom stereocenters. The fourth-order valence-electron chi connectivity index (χ4n) is 8.85. The molecule has 0 aliphatic carbocycles. The molecule has 4 atom stereocenters. The lowest BCUT2D eigenvalue weighted by Gasteiger charge is -2.43. The number of ether oxygens (including phenoxy) is 3. The monoisotopic (exact) mass is 967 g/mol. The van der Waals surface area contributed by atoms with Crippen LogP contribution in [0.25, 0.3) is 22.3 Å². The molecule has 8 rings (SSSR count). The van der Waals surface area contributed by atoms with Crippen molar-refractivity contribution in [1.29, 1.82) is 0 Å². The van der Waals surface area contributed by atoms with Crippen molar-refractivity contribution in [3.05, 3.63) is 191 Å². The fourth-order valence-corrected chi connectivity index (χ4v) is 8.85. The number of halogens is 6. The van der Waals surface area contributed by atoms with Gasteiger partial charge in [-0.05, 0) is 95.8 Å². The van der Waals surface area contributed by atoms with Crippen molar-refractivity contribution in [2.75, 3.05) is 33.4 Å². The van der Waals surface area contributed by atoms with Gasteiger partial charge in [0.05, 0.1) is 18.7 Å². The van der Waals surface area contributed by atoms with Gasteiger partial charge >= 0.3 is 18.3 Å². The zero-order chi connectivity index (χ0) is 50.2. The second-order valence-electron chi connectivity index (χ2n) is 17.1. The van der Waals surface area contributed by atoms with Crippen molar-refractivity contribution in [2.45, 2.75) is 62.8 Å². The molecule has 0 spiro atoms. The number of nitrogens with one attached hydrogen (secondary N) is 1. The quantitative estimate of drug-likeness (QED) is 0.0874. The molecule has 2 aliphatic rings. The Balaban J connectivity index is 0.000000208. The summed E-state index contributed by atoms with van der Waals surface area (Å²) in [5.41, 5.74) is 2.55. The van der Waals surface area contributed by atoms with E-state index in [0.717, 1.165) is 23.3 Å². The molecule has 2 saturated heterocycles. The summed E-state index contributed by atoms with van der Waals surface area (Å²) in [4.78, 5) is 40.9. The van der Waals surface area contributed by atoms with Gasteiger partial charge in [-0.3, -0.25) is 0 Å². The summed E-state index contributed by atoms with van der Waals surface area (Å²) in [6.07, 6.45) is -0.436. The molecule has 0 aromatic heterocycles. The maximum Gasteiger partial charge on any atom is 0.411 e. The number of nitrogens with zero attached hydrogens (tertiary/aromatic N) is 2. The fraction of sp³-hybridized carbons (Fsp3) is 0.278. The van der Waals surface area contributed by atoms with E-state index in [2.05, 4.69) is 5.32 Å². The molecule has 0 saturated carbocycles. The first kappa shape index (κ1) is 50.5. The number of hydrogen-bond acceptors (Lipinski definition) is 7. The van der Waals surface area contributed by atoms with Crippen molar-refractivity contribution in [3.8, 4) is 22.3 Å². The summed E-state index contributed by atoms with van der Waals surface area (Å²) in [6.45, 7) is 4.26. The number of rotatable bonds is 13. The number of amides is 3. The van der Waals surface area contributed by atoms with Gasteiger partial charge in [-0.25, -0.2) is 40.7 Å². The van der Waals surface area contributed by atoms with Gasteiger partial charge in [-0.1, -0.05) is 72.8 Å². The minimum absolute atomic E-state index is 0.00128. The van der Waals surface area contributed by atoms with Gasteiger partial charge in [-0.2, -0.15) is 0 Å². The SMILES string of the molecule is CNC(=O)OCC[C@]1(c2ccc(F)cc2)CCN([C@@H](C)c2ccc(-c3ccc(F)cc3F)cc2)C(=O)O1.C[C@@H](c1ccc(-c2ccc(F)cc2F)cc1)N1CC[C@](CCO)(c2ccc(F)cc2)OC1=O. The first-order valence-corrected chi connectivity index (χ1v) is 22.6. The van der Waals surface area contributed by atoms with Gasteiger partial charge < -0.3 is 34.4 Å². The number of aliphatic hydroxyl groups is 1. The van der Waals surface area contributed by atoms with Crippen LogP contribution < -0.4 is 5.32 Å². The maximum absolute atomic E-state index is 14.2. The Hall–Kier alpha value is -7.33. The third-order valence-corrected chi connectivity index (χ3v) is 13.0. The Morgan fingerprint density at radius 3 is 1.34 bits per heavy atom. The number of carbonyl (C=O) groups excluding carboxylic acids is 3. The van der Waals surface area contributed by atoms with E-state index in [-0.39, 0.29) is 49.5 Å². The third kappa shape index (κ3) is 11.4.